The second-order valence-electron chi connectivity index (χ2n) is 3.24. The lowest BCUT2D eigenvalue weighted by molar-refractivity contribution is -0.141. The molecule has 14 heavy (non-hydrogen) atoms. The maximum atomic E-state index is 11.9. The Balaban J connectivity index is 3.95. The molecule has 0 heterocycles. The zero-order valence-corrected chi connectivity index (χ0v) is 8.40. The molecule has 84 valence electrons. The number of alkyl halides is 3. The Bertz CT molecular complexity index is 194. The summed E-state index contributed by atoms with van der Waals surface area (Å²) in [7, 11) is 1.57. The standard InChI is InChI=1S/C8H15F3N2O/c1-5(4-8(9,10)11)13-7(14)6(2)12-3/h5-6,12H,4H2,1-3H3,(H,13,14). The second kappa shape index (κ2) is 5.19. The number of amides is 1. The van der Waals surface area contributed by atoms with Gasteiger partial charge in [-0.1, -0.05) is 0 Å². The van der Waals surface area contributed by atoms with E-state index in [9.17, 15) is 18.0 Å². The van der Waals surface area contributed by atoms with Crippen molar-refractivity contribution in [3.63, 3.8) is 0 Å². The van der Waals surface area contributed by atoms with Gasteiger partial charge in [0.05, 0.1) is 12.5 Å². The fourth-order valence-corrected chi connectivity index (χ4v) is 0.897. The summed E-state index contributed by atoms with van der Waals surface area (Å²) in [6.07, 6.45) is -5.25. The van der Waals surface area contributed by atoms with Crippen molar-refractivity contribution in [2.24, 2.45) is 0 Å². The first-order chi connectivity index (χ1) is 6.26. The summed E-state index contributed by atoms with van der Waals surface area (Å²) in [4.78, 5) is 11.1. The monoisotopic (exact) mass is 212 g/mol. The average molecular weight is 212 g/mol. The maximum Gasteiger partial charge on any atom is 0.391 e. The van der Waals surface area contributed by atoms with Crippen LogP contribution < -0.4 is 10.6 Å². The lowest BCUT2D eigenvalue weighted by Crippen LogP contribution is -2.45. The van der Waals surface area contributed by atoms with Crippen molar-refractivity contribution in [3.8, 4) is 0 Å². The van der Waals surface area contributed by atoms with E-state index in [0.717, 1.165) is 0 Å². The van der Waals surface area contributed by atoms with Crippen molar-refractivity contribution in [1.29, 1.82) is 0 Å². The van der Waals surface area contributed by atoms with Crippen LogP contribution in [-0.4, -0.2) is 31.2 Å². The molecule has 0 saturated carbocycles. The molecule has 0 aromatic heterocycles. The summed E-state index contributed by atoms with van der Waals surface area (Å²) in [5.74, 6) is -0.427. The van der Waals surface area contributed by atoms with E-state index in [0.29, 0.717) is 0 Å². The van der Waals surface area contributed by atoms with E-state index in [1.165, 1.54) is 6.92 Å². The van der Waals surface area contributed by atoms with E-state index < -0.39 is 30.6 Å². The lowest BCUT2D eigenvalue weighted by atomic mass is 10.2. The highest BCUT2D eigenvalue weighted by Crippen LogP contribution is 2.21. The zero-order valence-electron chi connectivity index (χ0n) is 8.40. The molecule has 0 bridgehead atoms. The van der Waals surface area contributed by atoms with Gasteiger partial charge in [-0.25, -0.2) is 0 Å². The summed E-state index contributed by atoms with van der Waals surface area (Å²) in [5.41, 5.74) is 0. The molecule has 0 saturated heterocycles. The maximum absolute atomic E-state index is 11.9. The van der Waals surface area contributed by atoms with Crippen LogP contribution in [0.4, 0.5) is 13.2 Å². The molecule has 0 aromatic rings. The Labute approximate surface area is 81.1 Å². The molecule has 3 nitrogen and oxygen atoms in total. The van der Waals surface area contributed by atoms with E-state index in [-0.39, 0.29) is 0 Å². The van der Waals surface area contributed by atoms with Crippen LogP contribution in [0, 0.1) is 0 Å². The van der Waals surface area contributed by atoms with Gasteiger partial charge in [0.25, 0.3) is 0 Å². The highest BCUT2D eigenvalue weighted by Gasteiger charge is 2.30. The van der Waals surface area contributed by atoms with Crippen molar-refractivity contribution in [1.82, 2.24) is 10.6 Å². The second-order valence-corrected chi connectivity index (χ2v) is 3.24. The molecule has 0 radical (unpaired) electrons. The summed E-state index contributed by atoms with van der Waals surface area (Å²) in [5, 5.41) is 4.91. The van der Waals surface area contributed by atoms with Gasteiger partial charge >= 0.3 is 6.18 Å². The van der Waals surface area contributed by atoms with Crippen molar-refractivity contribution in [2.75, 3.05) is 7.05 Å². The Morgan fingerprint density at radius 2 is 1.86 bits per heavy atom. The van der Waals surface area contributed by atoms with Crippen molar-refractivity contribution in [3.05, 3.63) is 0 Å². The molecule has 1 amide bonds. The van der Waals surface area contributed by atoms with Crippen LogP contribution >= 0.6 is 0 Å². The average Bonchev–Trinajstić information content (AvgIpc) is 1.99. The molecule has 0 aliphatic carbocycles. The number of carbonyl (C=O) groups is 1. The van der Waals surface area contributed by atoms with Gasteiger partial charge in [0, 0.05) is 6.04 Å². The molecular weight excluding hydrogens is 197 g/mol. The molecule has 6 heteroatoms. The third kappa shape index (κ3) is 5.80. The fraction of sp³-hybridized carbons (Fsp3) is 0.875. The van der Waals surface area contributed by atoms with E-state index in [1.54, 1.807) is 14.0 Å². The first kappa shape index (κ1) is 13.2. The first-order valence-electron chi connectivity index (χ1n) is 4.30. The SMILES string of the molecule is CNC(C)C(=O)NC(C)CC(F)(F)F. The quantitative estimate of drug-likeness (QED) is 0.731. The van der Waals surface area contributed by atoms with E-state index in [2.05, 4.69) is 10.6 Å². The molecule has 0 rings (SSSR count). The molecule has 0 spiro atoms. The molecule has 2 unspecified atom stereocenters. The lowest BCUT2D eigenvalue weighted by Gasteiger charge is -2.18. The van der Waals surface area contributed by atoms with E-state index >= 15 is 0 Å². The highest BCUT2D eigenvalue weighted by atomic mass is 19.4. The Kier molecular flexibility index (Phi) is 4.90. The Morgan fingerprint density at radius 3 is 2.21 bits per heavy atom. The van der Waals surface area contributed by atoms with Gasteiger partial charge in [0.1, 0.15) is 0 Å². The molecule has 0 aliphatic rings. The Morgan fingerprint density at radius 1 is 1.36 bits per heavy atom. The largest absolute Gasteiger partial charge is 0.391 e. The van der Waals surface area contributed by atoms with Crippen LogP contribution in [-0.2, 0) is 4.79 Å². The smallest absolute Gasteiger partial charge is 0.352 e. The van der Waals surface area contributed by atoms with Gasteiger partial charge in [-0.3, -0.25) is 4.79 Å². The summed E-state index contributed by atoms with van der Waals surface area (Å²) in [6.45, 7) is 2.91. The minimum atomic E-state index is -4.24. The van der Waals surface area contributed by atoms with Crippen LogP contribution in [0.15, 0.2) is 0 Å². The summed E-state index contributed by atoms with van der Waals surface area (Å²) in [6, 6.07) is -1.37. The van der Waals surface area contributed by atoms with Crippen LogP contribution in [0.1, 0.15) is 20.3 Å². The highest BCUT2D eigenvalue weighted by molar-refractivity contribution is 5.81. The molecule has 0 aliphatic heterocycles. The van der Waals surface area contributed by atoms with Gasteiger partial charge in [-0.15, -0.1) is 0 Å². The molecular formula is C8H15F3N2O. The number of hydrogen-bond donors (Lipinski definition) is 2. The Hall–Kier alpha value is -0.780. The van der Waals surface area contributed by atoms with Gasteiger partial charge < -0.3 is 10.6 Å². The minimum Gasteiger partial charge on any atom is -0.352 e. The van der Waals surface area contributed by atoms with Gasteiger partial charge in [0.2, 0.25) is 5.91 Å². The number of hydrogen-bond acceptors (Lipinski definition) is 2. The van der Waals surface area contributed by atoms with Gasteiger partial charge in [-0.05, 0) is 20.9 Å². The number of nitrogens with one attached hydrogen (secondary N) is 2. The minimum absolute atomic E-state index is 0.427. The number of halogens is 3. The number of rotatable bonds is 4. The summed E-state index contributed by atoms with van der Waals surface area (Å²) < 4.78 is 35.6. The van der Waals surface area contributed by atoms with Crippen LogP contribution in [0.2, 0.25) is 0 Å². The van der Waals surface area contributed by atoms with Crippen molar-refractivity contribution < 1.29 is 18.0 Å². The number of carbonyl (C=O) groups excluding carboxylic acids is 1. The van der Waals surface area contributed by atoms with Crippen molar-refractivity contribution in [2.45, 2.75) is 38.5 Å². The summed E-state index contributed by atoms with van der Waals surface area (Å²) >= 11 is 0. The first-order valence-corrected chi connectivity index (χ1v) is 4.30. The third-order valence-electron chi connectivity index (χ3n) is 1.75. The topological polar surface area (TPSA) is 41.1 Å². The van der Waals surface area contributed by atoms with Gasteiger partial charge in [-0.2, -0.15) is 13.2 Å². The normalized spacial score (nSPS) is 16.1. The predicted octanol–water partition coefficient (Wildman–Crippen LogP) is 1.05. The molecule has 2 N–H and O–H groups in total. The van der Waals surface area contributed by atoms with Gasteiger partial charge in [0.15, 0.2) is 0 Å². The van der Waals surface area contributed by atoms with Crippen molar-refractivity contribution >= 4 is 5.91 Å². The molecule has 2 atom stereocenters. The third-order valence-corrected chi connectivity index (χ3v) is 1.75. The molecule has 0 fully saturated rings. The van der Waals surface area contributed by atoms with Crippen LogP contribution in [0.5, 0.6) is 0 Å². The predicted molar refractivity (Wildman–Crippen MR) is 46.8 cm³/mol. The van der Waals surface area contributed by atoms with Crippen LogP contribution in [0.25, 0.3) is 0 Å². The van der Waals surface area contributed by atoms with E-state index in [4.69, 9.17) is 0 Å². The number of likely N-dealkylation sites (N-methyl/N-ethyl adjacent to an activating group) is 1. The fourth-order valence-electron chi connectivity index (χ4n) is 0.897. The van der Waals surface area contributed by atoms with Crippen LogP contribution in [0.3, 0.4) is 0 Å². The molecule has 0 aromatic carbocycles. The zero-order chi connectivity index (χ0) is 11.4. The van der Waals surface area contributed by atoms with E-state index in [1.807, 2.05) is 0 Å².